The van der Waals surface area contributed by atoms with Crippen molar-refractivity contribution in [3.8, 4) is 0 Å². The lowest BCUT2D eigenvalue weighted by molar-refractivity contribution is -0.161. The van der Waals surface area contributed by atoms with Crippen LogP contribution in [-0.4, -0.2) is 96.7 Å². The SMILES string of the molecule is CC(C)CCCCCCCCCCCCCCCC(=O)O[C@H](COC(=O)CCCCCCCCCC(C)C)COP(=O)(O)OCC(O)COP(=O)(O)OC[C@@H](COC(=O)CCCCCCCCCCCCC(C)C)OC(=O)CCCCCCCCCC(C)C. The molecule has 3 unspecified atom stereocenters. The van der Waals surface area contributed by atoms with Gasteiger partial charge in [0.05, 0.1) is 26.4 Å². The Balaban J connectivity index is 5.23. The highest BCUT2D eigenvalue weighted by Gasteiger charge is 2.30. The summed E-state index contributed by atoms with van der Waals surface area (Å²) in [6.45, 7) is 14.0. The van der Waals surface area contributed by atoms with Gasteiger partial charge < -0.3 is 33.8 Å². The average Bonchev–Trinajstić information content (AvgIpc) is 3.50. The molecule has 0 aromatic rings. The molecule has 0 fully saturated rings. The van der Waals surface area contributed by atoms with Crippen molar-refractivity contribution < 1.29 is 80.2 Å². The van der Waals surface area contributed by atoms with Crippen molar-refractivity contribution in [1.29, 1.82) is 0 Å². The van der Waals surface area contributed by atoms with E-state index in [0.717, 1.165) is 108 Å². The maximum Gasteiger partial charge on any atom is 0.472 e. The van der Waals surface area contributed by atoms with Gasteiger partial charge in [-0.15, -0.1) is 0 Å². The van der Waals surface area contributed by atoms with E-state index < -0.39 is 97.5 Å². The topological polar surface area (TPSA) is 237 Å². The largest absolute Gasteiger partial charge is 0.472 e. The minimum absolute atomic E-state index is 0.103. The number of phosphoric ester groups is 2. The first kappa shape index (κ1) is 87.1. The van der Waals surface area contributed by atoms with E-state index in [-0.39, 0.29) is 25.7 Å². The third kappa shape index (κ3) is 64.6. The standard InChI is InChI=1S/C70H136O17P2/c1-60(2)46-38-30-22-16-12-10-9-11-13-19-27-36-44-52-69(74)86-65(57-81-68(73)51-43-35-28-20-24-32-40-48-62(5)6)58-84-88(76,77)82-54-64(71)55-83-89(78,79)85-59-66(87-70(75)53-45-37-29-21-25-33-41-49-63(7)8)56-80-67(72)50-42-34-26-18-15-14-17-23-31-39-47-61(3)4/h60-66,71H,9-59H2,1-8H3,(H,76,77)(H,78,79)/t64?,65-,66-/m1/s1. The molecule has 0 saturated heterocycles. The van der Waals surface area contributed by atoms with Gasteiger partial charge in [-0.25, -0.2) is 9.13 Å². The first-order valence-electron chi connectivity index (χ1n) is 36.2. The van der Waals surface area contributed by atoms with Crippen molar-refractivity contribution in [1.82, 2.24) is 0 Å². The van der Waals surface area contributed by atoms with Crippen LogP contribution >= 0.6 is 15.6 Å². The fourth-order valence-corrected chi connectivity index (χ4v) is 12.1. The van der Waals surface area contributed by atoms with Gasteiger partial charge in [0.15, 0.2) is 12.2 Å². The number of carbonyl (C=O) groups is 4. The zero-order valence-electron chi connectivity index (χ0n) is 58.1. The molecule has 17 nitrogen and oxygen atoms in total. The van der Waals surface area contributed by atoms with E-state index >= 15 is 0 Å². The van der Waals surface area contributed by atoms with Crippen LogP contribution in [0.5, 0.6) is 0 Å². The molecule has 0 aromatic heterocycles. The maximum absolute atomic E-state index is 13.0. The molecule has 5 atom stereocenters. The van der Waals surface area contributed by atoms with Crippen LogP contribution in [0.15, 0.2) is 0 Å². The smallest absolute Gasteiger partial charge is 0.462 e. The Morgan fingerprint density at radius 2 is 0.472 bits per heavy atom. The maximum atomic E-state index is 13.0. The normalized spacial score (nSPS) is 14.3. The molecule has 0 aromatic carbocycles. The minimum Gasteiger partial charge on any atom is -0.462 e. The number of aliphatic hydroxyl groups excluding tert-OH is 1. The molecule has 0 bridgehead atoms. The Hall–Kier alpha value is -1.94. The van der Waals surface area contributed by atoms with E-state index in [0.29, 0.717) is 37.5 Å². The highest BCUT2D eigenvalue weighted by atomic mass is 31.2. The van der Waals surface area contributed by atoms with Crippen LogP contribution in [0.3, 0.4) is 0 Å². The van der Waals surface area contributed by atoms with Gasteiger partial charge in [0.1, 0.15) is 19.3 Å². The molecule has 0 amide bonds. The Kier molecular flexibility index (Phi) is 58.5. The second-order valence-electron chi connectivity index (χ2n) is 27.2. The molecule has 0 radical (unpaired) electrons. The summed E-state index contributed by atoms with van der Waals surface area (Å²) in [5, 5.41) is 10.6. The van der Waals surface area contributed by atoms with Gasteiger partial charge in [-0.2, -0.15) is 0 Å². The summed E-state index contributed by atoms with van der Waals surface area (Å²) in [6.07, 6.45) is 41.8. The molecule has 0 aliphatic rings. The van der Waals surface area contributed by atoms with Crippen LogP contribution in [0.25, 0.3) is 0 Å². The van der Waals surface area contributed by atoms with E-state index in [2.05, 4.69) is 55.4 Å². The van der Waals surface area contributed by atoms with Crippen LogP contribution in [0, 0.1) is 23.7 Å². The van der Waals surface area contributed by atoms with Crippen molar-refractivity contribution in [2.24, 2.45) is 23.7 Å². The predicted octanol–water partition coefficient (Wildman–Crippen LogP) is 19.7. The van der Waals surface area contributed by atoms with Crippen LogP contribution in [0.1, 0.15) is 344 Å². The second-order valence-corrected chi connectivity index (χ2v) is 30.1. The fraction of sp³-hybridized carbons (Fsp3) is 0.943. The van der Waals surface area contributed by atoms with Gasteiger partial charge in [-0.1, -0.05) is 293 Å². The molecule has 0 spiro atoms. The van der Waals surface area contributed by atoms with Crippen LogP contribution < -0.4 is 0 Å². The number of aliphatic hydroxyl groups is 1. The van der Waals surface area contributed by atoms with Gasteiger partial charge in [0, 0.05) is 25.7 Å². The molecular weight excluding hydrogens is 1170 g/mol. The Morgan fingerprint density at radius 1 is 0.281 bits per heavy atom. The Morgan fingerprint density at radius 3 is 0.697 bits per heavy atom. The predicted molar refractivity (Wildman–Crippen MR) is 358 cm³/mol. The molecule has 0 rings (SSSR count). The van der Waals surface area contributed by atoms with E-state index in [1.54, 1.807) is 0 Å². The van der Waals surface area contributed by atoms with E-state index in [9.17, 15) is 43.2 Å². The van der Waals surface area contributed by atoms with E-state index in [1.165, 1.54) is 141 Å². The number of rotatable bonds is 67. The fourth-order valence-electron chi connectivity index (χ4n) is 10.5. The Bertz CT molecular complexity index is 1760. The van der Waals surface area contributed by atoms with E-state index in [4.69, 9.17) is 37.0 Å². The molecule has 3 N–H and O–H groups in total. The number of esters is 4. The van der Waals surface area contributed by atoms with Crippen molar-refractivity contribution in [2.75, 3.05) is 39.6 Å². The number of hydrogen-bond donors (Lipinski definition) is 3. The summed E-state index contributed by atoms with van der Waals surface area (Å²) in [4.78, 5) is 72.5. The van der Waals surface area contributed by atoms with Gasteiger partial charge in [-0.05, 0) is 49.4 Å². The van der Waals surface area contributed by atoms with Crippen molar-refractivity contribution in [3.63, 3.8) is 0 Å². The Labute approximate surface area is 543 Å². The van der Waals surface area contributed by atoms with Crippen molar-refractivity contribution in [3.05, 3.63) is 0 Å². The molecular formula is C70H136O17P2. The zero-order chi connectivity index (χ0) is 66.1. The monoisotopic (exact) mass is 1310 g/mol. The number of carbonyl (C=O) groups excluding carboxylic acids is 4. The summed E-state index contributed by atoms with van der Waals surface area (Å²) >= 11 is 0. The second kappa shape index (κ2) is 59.8. The summed E-state index contributed by atoms with van der Waals surface area (Å²) in [6, 6.07) is 0. The van der Waals surface area contributed by atoms with Gasteiger partial charge in [-0.3, -0.25) is 37.3 Å². The highest BCUT2D eigenvalue weighted by molar-refractivity contribution is 7.47. The van der Waals surface area contributed by atoms with Gasteiger partial charge in [0.2, 0.25) is 0 Å². The van der Waals surface area contributed by atoms with Crippen LogP contribution in [-0.2, 0) is 65.4 Å². The van der Waals surface area contributed by atoms with Crippen molar-refractivity contribution >= 4 is 39.5 Å². The third-order valence-corrected chi connectivity index (χ3v) is 18.0. The number of ether oxygens (including phenoxy) is 4. The quantitative estimate of drug-likeness (QED) is 0.0222. The number of phosphoric acid groups is 2. The molecule has 89 heavy (non-hydrogen) atoms. The number of hydrogen-bond acceptors (Lipinski definition) is 15. The number of unbranched alkanes of at least 4 members (excludes halogenated alkanes) is 33. The average molecular weight is 1310 g/mol. The molecule has 0 aliphatic carbocycles. The first-order valence-corrected chi connectivity index (χ1v) is 39.2. The lowest BCUT2D eigenvalue weighted by Crippen LogP contribution is -2.30. The molecule has 0 aliphatic heterocycles. The lowest BCUT2D eigenvalue weighted by atomic mass is 10.0. The van der Waals surface area contributed by atoms with E-state index in [1.807, 2.05) is 0 Å². The molecule has 0 heterocycles. The molecule has 528 valence electrons. The van der Waals surface area contributed by atoms with Gasteiger partial charge in [0.25, 0.3) is 0 Å². The summed E-state index contributed by atoms with van der Waals surface area (Å²) < 4.78 is 68.2. The minimum atomic E-state index is -4.95. The lowest BCUT2D eigenvalue weighted by Gasteiger charge is -2.21. The zero-order valence-corrected chi connectivity index (χ0v) is 59.8. The highest BCUT2D eigenvalue weighted by Crippen LogP contribution is 2.45. The molecule has 0 saturated carbocycles. The van der Waals surface area contributed by atoms with Crippen LogP contribution in [0.2, 0.25) is 0 Å². The summed E-state index contributed by atoms with van der Waals surface area (Å²) in [7, 11) is -9.90. The molecule has 19 heteroatoms. The van der Waals surface area contributed by atoms with Crippen molar-refractivity contribution in [2.45, 2.75) is 363 Å². The van der Waals surface area contributed by atoms with Crippen LogP contribution in [0.4, 0.5) is 0 Å². The summed E-state index contributed by atoms with van der Waals surface area (Å²) in [5.74, 6) is 0.814. The van der Waals surface area contributed by atoms with Gasteiger partial charge >= 0.3 is 39.5 Å². The summed E-state index contributed by atoms with van der Waals surface area (Å²) in [5.41, 5.74) is 0. The first-order chi connectivity index (χ1) is 42.6. The third-order valence-electron chi connectivity index (χ3n) is 16.1.